The van der Waals surface area contributed by atoms with Gasteiger partial charge in [0.25, 0.3) is 5.91 Å². The lowest BCUT2D eigenvalue weighted by atomic mass is 10.1. The zero-order chi connectivity index (χ0) is 19.1. The molecule has 2 unspecified atom stereocenters. The van der Waals surface area contributed by atoms with Gasteiger partial charge in [0.15, 0.2) is 5.01 Å². The van der Waals surface area contributed by atoms with Crippen LogP contribution in [0.25, 0.3) is 10.2 Å². The molecular formula is C22H21N3O2S. The van der Waals surface area contributed by atoms with Crippen molar-refractivity contribution in [1.29, 1.82) is 0 Å². The molecule has 5 rings (SSSR count). The summed E-state index contributed by atoms with van der Waals surface area (Å²) >= 11 is 1.44. The number of hydrogen-bond acceptors (Lipinski definition) is 4. The number of piperazine rings is 1. The SMILES string of the molecule is O=C(c1nc2ccccc2s1)N1CCN(C(=O)C2CC2c2ccccc2)CC1. The van der Waals surface area contributed by atoms with E-state index in [-0.39, 0.29) is 17.7 Å². The number of amides is 2. The van der Waals surface area contributed by atoms with E-state index >= 15 is 0 Å². The smallest absolute Gasteiger partial charge is 0.282 e. The summed E-state index contributed by atoms with van der Waals surface area (Å²) in [6.45, 7) is 2.35. The van der Waals surface area contributed by atoms with Gasteiger partial charge in [-0.05, 0) is 30.0 Å². The van der Waals surface area contributed by atoms with Crippen LogP contribution < -0.4 is 0 Å². The van der Waals surface area contributed by atoms with E-state index in [9.17, 15) is 9.59 Å². The summed E-state index contributed by atoms with van der Waals surface area (Å²) < 4.78 is 1.03. The van der Waals surface area contributed by atoms with Crippen molar-refractivity contribution < 1.29 is 9.59 Å². The van der Waals surface area contributed by atoms with Gasteiger partial charge in [-0.25, -0.2) is 4.98 Å². The van der Waals surface area contributed by atoms with Crippen LogP contribution in [0.15, 0.2) is 54.6 Å². The Morgan fingerprint density at radius 1 is 0.893 bits per heavy atom. The summed E-state index contributed by atoms with van der Waals surface area (Å²) in [6, 6.07) is 18.1. The third kappa shape index (κ3) is 3.18. The van der Waals surface area contributed by atoms with Crippen LogP contribution in [0.4, 0.5) is 0 Å². The molecule has 1 aromatic heterocycles. The van der Waals surface area contributed by atoms with Crippen LogP contribution in [-0.4, -0.2) is 52.8 Å². The van der Waals surface area contributed by atoms with Crippen molar-refractivity contribution in [2.24, 2.45) is 5.92 Å². The van der Waals surface area contributed by atoms with Gasteiger partial charge in [0.1, 0.15) is 0 Å². The zero-order valence-electron chi connectivity index (χ0n) is 15.5. The van der Waals surface area contributed by atoms with Crippen molar-refractivity contribution in [1.82, 2.24) is 14.8 Å². The fourth-order valence-electron chi connectivity index (χ4n) is 4.00. The number of hydrogen-bond donors (Lipinski definition) is 0. The number of fused-ring (bicyclic) bond motifs is 1. The van der Waals surface area contributed by atoms with Crippen molar-refractivity contribution in [3.8, 4) is 0 Å². The van der Waals surface area contributed by atoms with E-state index < -0.39 is 0 Å². The fraction of sp³-hybridized carbons (Fsp3) is 0.318. The Morgan fingerprint density at radius 3 is 2.32 bits per heavy atom. The minimum Gasteiger partial charge on any atom is -0.339 e. The van der Waals surface area contributed by atoms with Gasteiger partial charge in [0.2, 0.25) is 5.91 Å². The predicted octanol–water partition coefficient (Wildman–Crippen LogP) is 3.38. The molecule has 1 saturated heterocycles. The summed E-state index contributed by atoms with van der Waals surface area (Å²) in [4.78, 5) is 33.8. The van der Waals surface area contributed by atoms with Crippen molar-refractivity contribution >= 4 is 33.4 Å². The van der Waals surface area contributed by atoms with Crippen LogP contribution in [0.1, 0.15) is 27.7 Å². The predicted molar refractivity (Wildman–Crippen MR) is 109 cm³/mol. The highest BCUT2D eigenvalue weighted by molar-refractivity contribution is 7.20. The molecule has 2 atom stereocenters. The highest BCUT2D eigenvalue weighted by Gasteiger charge is 2.46. The van der Waals surface area contributed by atoms with Crippen LogP contribution in [0.2, 0.25) is 0 Å². The van der Waals surface area contributed by atoms with Crippen LogP contribution in [0, 0.1) is 5.92 Å². The Bertz CT molecular complexity index is 991. The van der Waals surface area contributed by atoms with Gasteiger partial charge in [-0.3, -0.25) is 9.59 Å². The molecule has 2 amide bonds. The van der Waals surface area contributed by atoms with E-state index in [0.29, 0.717) is 37.1 Å². The van der Waals surface area contributed by atoms with E-state index in [4.69, 9.17) is 0 Å². The van der Waals surface area contributed by atoms with E-state index in [2.05, 4.69) is 17.1 Å². The molecule has 28 heavy (non-hydrogen) atoms. The first kappa shape index (κ1) is 17.4. The Hall–Kier alpha value is -2.73. The number of carbonyl (C=O) groups excluding carboxylic acids is 2. The summed E-state index contributed by atoms with van der Waals surface area (Å²) in [7, 11) is 0. The van der Waals surface area contributed by atoms with E-state index in [1.807, 2.05) is 52.3 Å². The average Bonchev–Trinajstić information content (AvgIpc) is 3.44. The number of nitrogens with zero attached hydrogens (tertiary/aromatic N) is 3. The number of rotatable bonds is 3. The molecule has 1 aliphatic carbocycles. The molecular weight excluding hydrogens is 370 g/mol. The molecule has 2 heterocycles. The average molecular weight is 391 g/mol. The molecule has 0 bridgehead atoms. The lowest BCUT2D eigenvalue weighted by Crippen LogP contribution is -2.51. The van der Waals surface area contributed by atoms with Crippen molar-refractivity contribution in [2.75, 3.05) is 26.2 Å². The molecule has 142 valence electrons. The Balaban J connectivity index is 1.19. The number of thiazole rings is 1. The molecule has 6 heteroatoms. The molecule has 0 spiro atoms. The second-order valence-corrected chi connectivity index (χ2v) is 8.49. The second-order valence-electron chi connectivity index (χ2n) is 7.46. The van der Waals surface area contributed by atoms with Gasteiger partial charge in [0.05, 0.1) is 10.2 Å². The fourth-order valence-corrected chi connectivity index (χ4v) is 4.93. The van der Waals surface area contributed by atoms with Gasteiger partial charge >= 0.3 is 0 Å². The van der Waals surface area contributed by atoms with Gasteiger partial charge in [0, 0.05) is 32.1 Å². The number of para-hydroxylation sites is 1. The highest BCUT2D eigenvalue weighted by Crippen LogP contribution is 2.48. The Kier molecular flexibility index (Phi) is 4.36. The van der Waals surface area contributed by atoms with E-state index in [1.54, 1.807) is 0 Å². The molecule has 2 fully saturated rings. The van der Waals surface area contributed by atoms with Crippen LogP contribution in [-0.2, 0) is 4.79 Å². The second kappa shape index (κ2) is 7.02. The number of benzene rings is 2. The summed E-state index contributed by atoms with van der Waals surface area (Å²) in [5.74, 6) is 0.674. The minimum absolute atomic E-state index is 0.0260. The molecule has 1 aliphatic heterocycles. The van der Waals surface area contributed by atoms with E-state index in [0.717, 1.165) is 16.6 Å². The first-order valence-electron chi connectivity index (χ1n) is 9.69. The van der Waals surface area contributed by atoms with E-state index in [1.165, 1.54) is 16.9 Å². The van der Waals surface area contributed by atoms with Crippen LogP contribution >= 0.6 is 11.3 Å². The largest absolute Gasteiger partial charge is 0.339 e. The summed E-state index contributed by atoms with van der Waals surface area (Å²) in [6.07, 6.45) is 0.938. The molecule has 0 N–H and O–H groups in total. The van der Waals surface area contributed by atoms with Gasteiger partial charge in [-0.1, -0.05) is 42.5 Å². The maximum atomic E-state index is 12.8. The third-order valence-electron chi connectivity index (χ3n) is 5.69. The molecule has 0 radical (unpaired) electrons. The van der Waals surface area contributed by atoms with Crippen molar-refractivity contribution in [2.45, 2.75) is 12.3 Å². The standard InChI is InChI=1S/C22H21N3O2S/c26-21(17-14-16(17)15-6-2-1-3-7-15)24-10-12-25(13-11-24)22(27)20-23-18-8-4-5-9-19(18)28-20/h1-9,16-17H,10-14H2. The van der Waals surface area contributed by atoms with Gasteiger partial charge in [-0.15, -0.1) is 11.3 Å². The molecule has 3 aromatic rings. The van der Waals surface area contributed by atoms with Crippen LogP contribution in [0.3, 0.4) is 0 Å². The third-order valence-corrected chi connectivity index (χ3v) is 6.72. The number of aromatic nitrogens is 1. The molecule has 5 nitrogen and oxygen atoms in total. The van der Waals surface area contributed by atoms with Crippen molar-refractivity contribution in [3.05, 3.63) is 65.2 Å². The molecule has 2 aliphatic rings. The zero-order valence-corrected chi connectivity index (χ0v) is 16.3. The van der Waals surface area contributed by atoms with Crippen LogP contribution in [0.5, 0.6) is 0 Å². The first-order valence-corrected chi connectivity index (χ1v) is 10.5. The topological polar surface area (TPSA) is 53.5 Å². The monoisotopic (exact) mass is 391 g/mol. The minimum atomic E-state index is -0.0260. The Morgan fingerprint density at radius 2 is 1.57 bits per heavy atom. The highest BCUT2D eigenvalue weighted by atomic mass is 32.1. The molecule has 2 aromatic carbocycles. The Labute approximate surface area is 167 Å². The lowest BCUT2D eigenvalue weighted by molar-refractivity contribution is -0.134. The van der Waals surface area contributed by atoms with Gasteiger partial charge < -0.3 is 9.80 Å². The first-order chi connectivity index (χ1) is 13.7. The van der Waals surface area contributed by atoms with Gasteiger partial charge in [-0.2, -0.15) is 0 Å². The maximum Gasteiger partial charge on any atom is 0.282 e. The lowest BCUT2D eigenvalue weighted by Gasteiger charge is -2.34. The normalized spacial score (nSPS) is 21.7. The summed E-state index contributed by atoms with van der Waals surface area (Å²) in [5, 5.41) is 0.535. The van der Waals surface area contributed by atoms with Crippen molar-refractivity contribution in [3.63, 3.8) is 0 Å². The summed E-state index contributed by atoms with van der Waals surface area (Å²) in [5.41, 5.74) is 2.12. The number of carbonyl (C=O) groups is 2. The molecule has 1 saturated carbocycles. The maximum absolute atomic E-state index is 12.8. The quantitative estimate of drug-likeness (QED) is 0.688.